The summed E-state index contributed by atoms with van der Waals surface area (Å²) in [5, 5.41) is 8.86. The van der Waals surface area contributed by atoms with E-state index in [2.05, 4.69) is 0 Å². The molecule has 2 aromatic rings. The Kier molecular flexibility index (Phi) is 3.46. The Balaban J connectivity index is 2.38. The van der Waals surface area contributed by atoms with Crippen LogP contribution in [0.25, 0.3) is 0 Å². The summed E-state index contributed by atoms with van der Waals surface area (Å²) in [4.78, 5) is 22.7. The second-order valence-electron chi connectivity index (χ2n) is 4.24. The first-order valence-corrected chi connectivity index (χ1v) is 5.67. The van der Waals surface area contributed by atoms with Gasteiger partial charge in [-0.25, -0.2) is 9.18 Å². The van der Waals surface area contributed by atoms with Gasteiger partial charge in [0.25, 0.3) is 5.56 Å². The van der Waals surface area contributed by atoms with E-state index < -0.39 is 11.5 Å². The molecule has 2 rings (SSSR count). The van der Waals surface area contributed by atoms with Crippen LogP contribution in [0.3, 0.4) is 0 Å². The third kappa shape index (κ3) is 2.70. The van der Waals surface area contributed by atoms with Crippen molar-refractivity contribution in [3.63, 3.8) is 0 Å². The van der Waals surface area contributed by atoms with Crippen LogP contribution in [-0.2, 0) is 6.54 Å². The van der Waals surface area contributed by atoms with Crippen LogP contribution >= 0.6 is 0 Å². The molecular formula is C14H12FNO3. The quantitative estimate of drug-likeness (QED) is 0.919. The van der Waals surface area contributed by atoms with Crippen LogP contribution in [0.15, 0.2) is 41.3 Å². The molecule has 0 saturated carbocycles. The lowest BCUT2D eigenvalue weighted by Gasteiger charge is -2.07. The Labute approximate surface area is 108 Å². The lowest BCUT2D eigenvalue weighted by molar-refractivity contribution is 0.0694. The number of aromatic carboxylic acids is 1. The third-order valence-corrected chi connectivity index (χ3v) is 2.84. The van der Waals surface area contributed by atoms with Crippen molar-refractivity contribution in [2.45, 2.75) is 13.5 Å². The smallest absolute Gasteiger partial charge is 0.341 e. The molecule has 19 heavy (non-hydrogen) atoms. The molecule has 0 aliphatic heterocycles. The minimum absolute atomic E-state index is 0.136. The summed E-state index contributed by atoms with van der Waals surface area (Å²) in [6, 6.07) is 7.40. The molecule has 0 amide bonds. The van der Waals surface area contributed by atoms with Crippen molar-refractivity contribution in [3.05, 3.63) is 69.4 Å². The maximum Gasteiger partial charge on any atom is 0.341 e. The fraction of sp³-hybridized carbons (Fsp3) is 0.143. The molecule has 0 fully saturated rings. The average Bonchev–Trinajstić information content (AvgIpc) is 2.36. The van der Waals surface area contributed by atoms with Crippen LogP contribution in [0.2, 0.25) is 0 Å². The van der Waals surface area contributed by atoms with Crippen molar-refractivity contribution < 1.29 is 14.3 Å². The van der Waals surface area contributed by atoms with Gasteiger partial charge in [-0.1, -0.05) is 12.1 Å². The van der Waals surface area contributed by atoms with Gasteiger partial charge in [0.2, 0.25) is 0 Å². The molecule has 0 atom stereocenters. The summed E-state index contributed by atoms with van der Waals surface area (Å²) in [5.74, 6) is -1.62. The lowest BCUT2D eigenvalue weighted by Crippen LogP contribution is -2.26. The Morgan fingerprint density at radius 1 is 1.37 bits per heavy atom. The highest BCUT2D eigenvalue weighted by molar-refractivity contribution is 5.86. The van der Waals surface area contributed by atoms with E-state index in [0.717, 1.165) is 0 Å². The molecule has 4 nitrogen and oxygen atoms in total. The van der Waals surface area contributed by atoms with Gasteiger partial charge in [-0.15, -0.1) is 0 Å². The van der Waals surface area contributed by atoms with E-state index in [1.54, 1.807) is 19.1 Å². The zero-order valence-corrected chi connectivity index (χ0v) is 10.3. The molecule has 0 saturated heterocycles. The molecule has 5 heteroatoms. The highest BCUT2D eigenvalue weighted by Crippen LogP contribution is 2.10. The van der Waals surface area contributed by atoms with E-state index in [9.17, 15) is 14.0 Å². The van der Waals surface area contributed by atoms with Crippen molar-refractivity contribution in [2.75, 3.05) is 0 Å². The predicted molar refractivity (Wildman–Crippen MR) is 67.9 cm³/mol. The lowest BCUT2D eigenvalue weighted by atomic mass is 10.1. The molecule has 0 spiro atoms. The van der Waals surface area contributed by atoms with E-state index in [1.807, 2.05) is 0 Å². The monoisotopic (exact) mass is 261 g/mol. The summed E-state index contributed by atoms with van der Waals surface area (Å²) >= 11 is 0. The molecule has 1 heterocycles. The number of carbonyl (C=O) groups is 1. The fourth-order valence-electron chi connectivity index (χ4n) is 1.76. The van der Waals surface area contributed by atoms with Crippen molar-refractivity contribution >= 4 is 5.97 Å². The summed E-state index contributed by atoms with van der Waals surface area (Å²) in [6.45, 7) is 1.79. The van der Waals surface area contributed by atoms with Gasteiger partial charge in [-0.2, -0.15) is 0 Å². The third-order valence-electron chi connectivity index (χ3n) is 2.84. The number of nitrogens with zero attached hydrogens (tertiary/aromatic N) is 1. The van der Waals surface area contributed by atoms with Gasteiger partial charge in [-0.3, -0.25) is 4.79 Å². The number of pyridine rings is 1. The van der Waals surface area contributed by atoms with Crippen LogP contribution in [-0.4, -0.2) is 15.6 Å². The van der Waals surface area contributed by atoms with E-state index in [-0.39, 0.29) is 17.9 Å². The van der Waals surface area contributed by atoms with Crippen LogP contribution < -0.4 is 5.56 Å². The fourth-order valence-corrected chi connectivity index (χ4v) is 1.76. The largest absolute Gasteiger partial charge is 0.477 e. The SMILES string of the molecule is Cc1ccc(Cn2cccc(C(=O)O)c2=O)cc1F. The van der Waals surface area contributed by atoms with E-state index in [4.69, 9.17) is 5.11 Å². The number of rotatable bonds is 3. The molecule has 0 radical (unpaired) electrons. The first-order chi connectivity index (χ1) is 8.99. The van der Waals surface area contributed by atoms with Gasteiger partial charge >= 0.3 is 5.97 Å². The van der Waals surface area contributed by atoms with Crippen molar-refractivity contribution in [1.82, 2.24) is 4.57 Å². The zero-order valence-electron chi connectivity index (χ0n) is 10.3. The number of hydrogen-bond acceptors (Lipinski definition) is 2. The van der Waals surface area contributed by atoms with Crippen molar-refractivity contribution in [1.29, 1.82) is 0 Å². The van der Waals surface area contributed by atoms with E-state index >= 15 is 0 Å². The molecule has 1 aromatic heterocycles. The molecule has 0 bridgehead atoms. The molecule has 0 unspecified atom stereocenters. The maximum absolute atomic E-state index is 13.4. The van der Waals surface area contributed by atoms with Crippen LogP contribution in [0, 0.1) is 12.7 Å². The van der Waals surface area contributed by atoms with E-state index in [0.29, 0.717) is 11.1 Å². The average molecular weight is 261 g/mol. The second-order valence-corrected chi connectivity index (χ2v) is 4.24. The standard InChI is InChI=1S/C14H12FNO3/c1-9-4-5-10(7-12(9)15)8-16-6-2-3-11(13(16)17)14(18)19/h2-7H,8H2,1H3,(H,18,19). The van der Waals surface area contributed by atoms with Crippen LogP contribution in [0.4, 0.5) is 4.39 Å². The van der Waals surface area contributed by atoms with Gasteiger partial charge in [0.1, 0.15) is 11.4 Å². The first kappa shape index (κ1) is 13.0. The normalized spacial score (nSPS) is 10.4. The number of carboxylic acid groups (broad SMARTS) is 1. The molecule has 1 aromatic carbocycles. The second kappa shape index (κ2) is 5.06. The topological polar surface area (TPSA) is 59.3 Å². The van der Waals surface area contributed by atoms with E-state index in [1.165, 1.54) is 29.0 Å². The summed E-state index contributed by atoms with van der Waals surface area (Å²) in [7, 11) is 0. The van der Waals surface area contributed by atoms with Gasteiger partial charge in [0, 0.05) is 6.20 Å². The number of aromatic nitrogens is 1. The summed E-state index contributed by atoms with van der Waals surface area (Å²) in [5.41, 5.74) is 0.231. The minimum atomic E-state index is -1.27. The van der Waals surface area contributed by atoms with Gasteiger partial charge in [-0.05, 0) is 36.2 Å². The van der Waals surface area contributed by atoms with Gasteiger partial charge in [0.05, 0.1) is 6.54 Å². The number of aryl methyl sites for hydroxylation is 1. The maximum atomic E-state index is 13.4. The summed E-state index contributed by atoms with van der Waals surface area (Å²) in [6.07, 6.45) is 1.48. The van der Waals surface area contributed by atoms with Gasteiger partial charge in [0.15, 0.2) is 0 Å². The van der Waals surface area contributed by atoms with Crippen molar-refractivity contribution in [3.8, 4) is 0 Å². The number of halogens is 1. The molecule has 0 aliphatic carbocycles. The van der Waals surface area contributed by atoms with Gasteiger partial charge < -0.3 is 9.67 Å². The Morgan fingerprint density at radius 2 is 2.11 bits per heavy atom. The predicted octanol–water partition coefficient (Wildman–Crippen LogP) is 2.04. The number of hydrogen-bond donors (Lipinski definition) is 1. The first-order valence-electron chi connectivity index (χ1n) is 5.67. The van der Waals surface area contributed by atoms with Crippen molar-refractivity contribution in [2.24, 2.45) is 0 Å². The molecule has 0 aliphatic rings. The molecule has 1 N–H and O–H groups in total. The van der Waals surface area contributed by atoms with Crippen LogP contribution in [0.1, 0.15) is 21.5 Å². The number of benzene rings is 1. The molecule has 98 valence electrons. The summed E-state index contributed by atoms with van der Waals surface area (Å²) < 4.78 is 14.7. The zero-order chi connectivity index (χ0) is 14.0. The highest BCUT2D eigenvalue weighted by Gasteiger charge is 2.10. The number of carboxylic acids is 1. The minimum Gasteiger partial charge on any atom is -0.477 e. The highest BCUT2D eigenvalue weighted by atomic mass is 19.1. The Morgan fingerprint density at radius 3 is 2.74 bits per heavy atom. The van der Waals surface area contributed by atoms with Crippen LogP contribution in [0.5, 0.6) is 0 Å². The Bertz CT molecular complexity index is 691. The Hall–Kier alpha value is -2.43. The molecular weight excluding hydrogens is 249 g/mol.